The Balaban J connectivity index is 2.31. The molecule has 0 aliphatic carbocycles. The summed E-state index contributed by atoms with van der Waals surface area (Å²) in [5.74, 6) is 0. The fraction of sp³-hybridized carbons (Fsp3) is 0.533. The van der Waals surface area contributed by atoms with E-state index < -0.39 is 5.60 Å². The number of anilines is 1. The SMILES string of the molecule is COC1Cc2cc(Br)ccc2N(C(=O)OC(C)(C)C)C1. The molecule has 0 saturated heterocycles. The molecule has 0 saturated carbocycles. The second-order valence-corrected chi connectivity index (χ2v) is 6.84. The van der Waals surface area contributed by atoms with Crippen molar-refractivity contribution in [3.05, 3.63) is 28.2 Å². The van der Waals surface area contributed by atoms with Gasteiger partial charge in [-0.05, 0) is 44.5 Å². The number of carbonyl (C=O) groups is 1. The van der Waals surface area contributed by atoms with Crippen LogP contribution in [0, 0.1) is 0 Å². The maximum absolute atomic E-state index is 12.4. The van der Waals surface area contributed by atoms with Crippen LogP contribution in [0.3, 0.4) is 0 Å². The van der Waals surface area contributed by atoms with Crippen molar-refractivity contribution in [2.75, 3.05) is 18.6 Å². The van der Waals surface area contributed by atoms with E-state index in [4.69, 9.17) is 9.47 Å². The topological polar surface area (TPSA) is 38.8 Å². The predicted octanol–water partition coefficient (Wildman–Crippen LogP) is 3.76. The van der Waals surface area contributed by atoms with Crippen LogP contribution in [-0.2, 0) is 15.9 Å². The minimum absolute atomic E-state index is 0.00989. The number of fused-ring (bicyclic) bond motifs is 1. The van der Waals surface area contributed by atoms with E-state index in [1.165, 1.54) is 0 Å². The van der Waals surface area contributed by atoms with E-state index in [0.29, 0.717) is 6.54 Å². The van der Waals surface area contributed by atoms with Gasteiger partial charge in [-0.2, -0.15) is 0 Å². The highest BCUT2D eigenvalue weighted by atomic mass is 79.9. The number of carbonyl (C=O) groups excluding carboxylic acids is 1. The molecule has 1 aromatic carbocycles. The van der Waals surface area contributed by atoms with Crippen molar-refractivity contribution < 1.29 is 14.3 Å². The molecule has 110 valence electrons. The van der Waals surface area contributed by atoms with Crippen molar-refractivity contribution in [1.29, 1.82) is 0 Å². The van der Waals surface area contributed by atoms with E-state index >= 15 is 0 Å². The van der Waals surface area contributed by atoms with Gasteiger partial charge in [0.1, 0.15) is 5.60 Å². The van der Waals surface area contributed by atoms with E-state index in [0.717, 1.165) is 22.1 Å². The van der Waals surface area contributed by atoms with Crippen LogP contribution < -0.4 is 4.90 Å². The zero-order chi connectivity index (χ0) is 14.9. The molecular formula is C15H20BrNO3. The van der Waals surface area contributed by atoms with Crippen LogP contribution in [0.25, 0.3) is 0 Å². The van der Waals surface area contributed by atoms with Crippen LogP contribution in [0.4, 0.5) is 10.5 Å². The molecule has 4 nitrogen and oxygen atoms in total. The molecule has 0 aromatic heterocycles. The van der Waals surface area contributed by atoms with E-state index in [9.17, 15) is 4.79 Å². The van der Waals surface area contributed by atoms with Gasteiger partial charge in [-0.15, -0.1) is 0 Å². The van der Waals surface area contributed by atoms with Crippen LogP contribution in [-0.4, -0.2) is 31.5 Å². The fourth-order valence-electron chi connectivity index (χ4n) is 2.24. The standard InChI is InChI=1S/C15H20BrNO3/c1-15(2,3)20-14(18)17-9-12(19-4)8-10-7-11(16)5-6-13(10)17/h5-7,12H,8-9H2,1-4H3. The number of methoxy groups -OCH3 is 1. The summed E-state index contributed by atoms with van der Waals surface area (Å²) in [6.45, 7) is 6.11. The lowest BCUT2D eigenvalue weighted by molar-refractivity contribution is 0.0516. The third-order valence-electron chi connectivity index (χ3n) is 3.11. The maximum Gasteiger partial charge on any atom is 0.414 e. The zero-order valence-corrected chi connectivity index (χ0v) is 13.9. The summed E-state index contributed by atoms with van der Waals surface area (Å²) in [5.41, 5.74) is 1.48. The minimum Gasteiger partial charge on any atom is -0.443 e. The monoisotopic (exact) mass is 341 g/mol. The molecule has 0 N–H and O–H groups in total. The lowest BCUT2D eigenvalue weighted by atomic mass is 10.00. The van der Waals surface area contributed by atoms with Gasteiger partial charge in [0, 0.05) is 18.0 Å². The smallest absolute Gasteiger partial charge is 0.414 e. The first kappa shape index (κ1) is 15.3. The Morgan fingerprint density at radius 3 is 2.70 bits per heavy atom. The van der Waals surface area contributed by atoms with Gasteiger partial charge in [0.25, 0.3) is 0 Å². The minimum atomic E-state index is -0.507. The molecule has 2 rings (SSSR count). The van der Waals surface area contributed by atoms with Gasteiger partial charge in [-0.3, -0.25) is 4.90 Å². The van der Waals surface area contributed by atoms with Crippen LogP contribution in [0.1, 0.15) is 26.3 Å². The van der Waals surface area contributed by atoms with Crippen molar-refractivity contribution in [2.45, 2.75) is 38.9 Å². The van der Waals surface area contributed by atoms with Gasteiger partial charge in [-0.25, -0.2) is 4.79 Å². The molecule has 1 aliphatic rings. The Morgan fingerprint density at radius 2 is 2.10 bits per heavy atom. The molecule has 0 radical (unpaired) electrons. The number of benzene rings is 1. The lowest BCUT2D eigenvalue weighted by Crippen LogP contribution is -2.45. The highest BCUT2D eigenvalue weighted by Crippen LogP contribution is 2.31. The molecule has 0 fully saturated rings. The van der Waals surface area contributed by atoms with Gasteiger partial charge in [0.05, 0.1) is 18.3 Å². The molecule has 1 heterocycles. The third-order valence-corrected chi connectivity index (χ3v) is 3.61. The number of rotatable bonds is 1. The molecule has 0 bridgehead atoms. The van der Waals surface area contributed by atoms with Gasteiger partial charge < -0.3 is 9.47 Å². The summed E-state index contributed by atoms with van der Waals surface area (Å²) in [7, 11) is 1.67. The third kappa shape index (κ3) is 3.52. The molecule has 0 spiro atoms. The van der Waals surface area contributed by atoms with Crippen LogP contribution >= 0.6 is 15.9 Å². The maximum atomic E-state index is 12.4. The summed E-state index contributed by atoms with van der Waals surface area (Å²) in [6.07, 6.45) is 0.456. The number of nitrogens with zero attached hydrogens (tertiary/aromatic N) is 1. The quantitative estimate of drug-likeness (QED) is 0.780. The Bertz CT molecular complexity index is 510. The fourth-order valence-corrected chi connectivity index (χ4v) is 2.65. The summed E-state index contributed by atoms with van der Waals surface area (Å²) in [4.78, 5) is 14.0. The second kappa shape index (κ2) is 5.74. The summed E-state index contributed by atoms with van der Waals surface area (Å²) in [6, 6.07) is 5.90. The van der Waals surface area contributed by atoms with Crippen molar-refractivity contribution in [3.63, 3.8) is 0 Å². The first-order valence-electron chi connectivity index (χ1n) is 6.62. The molecule has 1 amide bonds. The Morgan fingerprint density at radius 1 is 1.40 bits per heavy atom. The van der Waals surface area contributed by atoms with Gasteiger partial charge in [0.15, 0.2) is 0 Å². The van der Waals surface area contributed by atoms with Crippen LogP contribution in [0.5, 0.6) is 0 Å². The van der Waals surface area contributed by atoms with Crippen molar-refractivity contribution in [2.24, 2.45) is 0 Å². The largest absolute Gasteiger partial charge is 0.443 e. The van der Waals surface area contributed by atoms with E-state index in [2.05, 4.69) is 15.9 Å². The van der Waals surface area contributed by atoms with E-state index in [1.54, 1.807) is 12.0 Å². The van der Waals surface area contributed by atoms with E-state index in [-0.39, 0.29) is 12.2 Å². The molecule has 1 unspecified atom stereocenters. The van der Waals surface area contributed by atoms with Gasteiger partial charge in [0.2, 0.25) is 0 Å². The number of hydrogen-bond donors (Lipinski definition) is 0. The molecule has 5 heteroatoms. The summed E-state index contributed by atoms with van der Waals surface area (Å²) in [5, 5.41) is 0. The van der Waals surface area contributed by atoms with Crippen molar-refractivity contribution >= 4 is 27.7 Å². The molecule has 1 aliphatic heterocycles. The van der Waals surface area contributed by atoms with Gasteiger partial charge in [-0.1, -0.05) is 15.9 Å². The number of hydrogen-bond acceptors (Lipinski definition) is 3. The highest BCUT2D eigenvalue weighted by molar-refractivity contribution is 9.10. The van der Waals surface area contributed by atoms with E-state index in [1.807, 2.05) is 39.0 Å². The summed E-state index contributed by atoms with van der Waals surface area (Å²) < 4.78 is 11.9. The highest BCUT2D eigenvalue weighted by Gasteiger charge is 2.31. The normalized spacial score (nSPS) is 18.6. The van der Waals surface area contributed by atoms with Crippen LogP contribution in [0.15, 0.2) is 22.7 Å². The Hall–Kier alpha value is -1.07. The average molecular weight is 342 g/mol. The van der Waals surface area contributed by atoms with Crippen molar-refractivity contribution in [1.82, 2.24) is 0 Å². The number of halogens is 1. The predicted molar refractivity (Wildman–Crippen MR) is 82.2 cm³/mol. The first-order valence-corrected chi connectivity index (χ1v) is 7.41. The zero-order valence-electron chi connectivity index (χ0n) is 12.3. The first-order chi connectivity index (χ1) is 9.30. The second-order valence-electron chi connectivity index (χ2n) is 5.93. The Kier molecular flexibility index (Phi) is 4.39. The van der Waals surface area contributed by atoms with Crippen molar-refractivity contribution in [3.8, 4) is 0 Å². The molecular weight excluding hydrogens is 322 g/mol. The number of amides is 1. The molecule has 20 heavy (non-hydrogen) atoms. The average Bonchev–Trinajstić information content (AvgIpc) is 2.34. The number of ether oxygens (including phenoxy) is 2. The molecule has 1 atom stereocenters. The lowest BCUT2D eigenvalue weighted by Gasteiger charge is -2.35. The Labute approximate surface area is 128 Å². The summed E-state index contributed by atoms with van der Waals surface area (Å²) >= 11 is 3.46. The molecule has 1 aromatic rings. The van der Waals surface area contributed by atoms with Gasteiger partial charge >= 0.3 is 6.09 Å². The van der Waals surface area contributed by atoms with Crippen LogP contribution in [0.2, 0.25) is 0 Å².